The van der Waals surface area contributed by atoms with E-state index in [0.717, 1.165) is 4.47 Å². The first-order chi connectivity index (χ1) is 14.5. The summed E-state index contributed by atoms with van der Waals surface area (Å²) in [7, 11) is 0. The van der Waals surface area contributed by atoms with Gasteiger partial charge in [0.05, 0.1) is 24.3 Å². The highest BCUT2D eigenvalue weighted by Gasteiger charge is 2.22. The summed E-state index contributed by atoms with van der Waals surface area (Å²) >= 11 is 3.35. The van der Waals surface area contributed by atoms with Crippen LogP contribution in [0.3, 0.4) is 0 Å². The minimum absolute atomic E-state index is 0.151. The van der Waals surface area contributed by atoms with E-state index >= 15 is 0 Å². The highest BCUT2D eigenvalue weighted by molar-refractivity contribution is 9.10. The van der Waals surface area contributed by atoms with Crippen molar-refractivity contribution in [3.63, 3.8) is 0 Å². The second kappa shape index (κ2) is 8.81. The number of nitrogens with one attached hydrogen (secondary N) is 1. The fraction of sp³-hybridized carbons (Fsp3) is 0.227. The van der Waals surface area contributed by atoms with Crippen LogP contribution in [-0.4, -0.2) is 47.6 Å². The molecule has 0 radical (unpaired) electrons. The zero-order valence-electron chi connectivity index (χ0n) is 16.1. The van der Waals surface area contributed by atoms with Crippen LogP contribution in [0.15, 0.2) is 63.9 Å². The first-order valence-corrected chi connectivity index (χ1v) is 10.4. The SMILES string of the molecule is O=C(Cn1c(=O)cc(C(=O)N2CCOCC2)c2ccccc21)Nc1ccc(Br)cc1. The molecular formula is C22H20BrN3O4. The number of anilines is 1. The van der Waals surface area contributed by atoms with E-state index in [1.54, 1.807) is 35.2 Å². The number of ether oxygens (including phenoxy) is 1. The molecule has 0 atom stereocenters. The quantitative estimate of drug-likeness (QED) is 0.636. The van der Waals surface area contributed by atoms with Gasteiger partial charge in [0.1, 0.15) is 6.54 Å². The van der Waals surface area contributed by atoms with Crippen molar-refractivity contribution >= 4 is 44.3 Å². The lowest BCUT2D eigenvalue weighted by Gasteiger charge is -2.27. The molecule has 1 aliphatic heterocycles. The molecule has 2 aromatic carbocycles. The number of hydrogen-bond acceptors (Lipinski definition) is 4. The third kappa shape index (κ3) is 4.29. The number of hydrogen-bond donors (Lipinski definition) is 1. The van der Waals surface area contributed by atoms with E-state index in [2.05, 4.69) is 21.2 Å². The van der Waals surface area contributed by atoms with Gasteiger partial charge in [0, 0.05) is 34.7 Å². The second-order valence-corrected chi connectivity index (χ2v) is 7.87. The lowest BCUT2D eigenvalue weighted by atomic mass is 10.1. The second-order valence-electron chi connectivity index (χ2n) is 6.96. The number of nitrogens with zero attached hydrogens (tertiary/aromatic N) is 2. The van der Waals surface area contributed by atoms with Gasteiger partial charge in [0.2, 0.25) is 5.91 Å². The van der Waals surface area contributed by atoms with Gasteiger partial charge in [-0.05, 0) is 30.3 Å². The zero-order chi connectivity index (χ0) is 21.1. The Hall–Kier alpha value is -2.97. The third-order valence-corrected chi connectivity index (χ3v) is 5.51. The van der Waals surface area contributed by atoms with Gasteiger partial charge in [-0.3, -0.25) is 19.0 Å². The number of amides is 2. The van der Waals surface area contributed by atoms with Crippen molar-refractivity contribution in [3.8, 4) is 0 Å². The molecule has 0 bridgehead atoms. The molecule has 1 aromatic heterocycles. The van der Waals surface area contributed by atoms with E-state index < -0.39 is 5.56 Å². The molecule has 8 heteroatoms. The number of benzene rings is 2. The Morgan fingerprint density at radius 2 is 1.73 bits per heavy atom. The number of carbonyl (C=O) groups excluding carboxylic acids is 2. The standard InChI is InChI=1S/C22H20BrN3O4/c23-15-5-7-16(8-6-15)24-20(27)14-26-19-4-2-1-3-17(19)18(13-21(26)28)22(29)25-9-11-30-12-10-25/h1-8,13H,9-12,14H2,(H,24,27). The molecule has 3 aromatic rings. The maximum absolute atomic E-state index is 13.0. The number of para-hydroxylation sites is 1. The molecule has 7 nitrogen and oxygen atoms in total. The number of rotatable bonds is 4. The molecule has 4 rings (SSSR count). The average Bonchev–Trinajstić information content (AvgIpc) is 2.77. The Kier molecular flexibility index (Phi) is 5.96. The topological polar surface area (TPSA) is 80.6 Å². The lowest BCUT2D eigenvalue weighted by molar-refractivity contribution is -0.116. The molecule has 1 N–H and O–H groups in total. The predicted molar refractivity (Wildman–Crippen MR) is 118 cm³/mol. The van der Waals surface area contributed by atoms with Crippen LogP contribution in [-0.2, 0) is 16.1 Å². The van der Waals surface area contributed by atoms with Crippen molar-refractivity contribution < 1.29 is 14.3 Å². The summed E-state index contributed by atoms with van der Waals surface area (Å²) < 4.78 is 7.60. The van der Waals surface area contributed by atoms with Crippen LogP contribution in [0.1, 0.15) is 10.4 Å². The molecule has 1 saturated heterocycles. The molecule has 2 heterocycles. The summed E-state index contributed by atoms with van der Waals surface area (Å²) in [6.07, 6.45) is 0. The van der Waals surface area contributed by atoms with Gasteiger partial charge >= 0.3 is 0 Å². The Balaban J connectivity index is 1.65. The molecule has 0 unspecified atom stereocenters. The molecule has 0 spiro atoms. The van der Waals surface area contributed by atoms with Gasteiger partial charge < -0.3 is 15.0 Å². The molecule has 0 saturated carbocycles. The van der Waals surface area contributed by atoms with E-state index in [0.29, 0.717) is 48.5 Å². The van der Waals surface area contributed by atoms with Gasteiger partial charge in [-0.15, -0.1) is 0 Å². The van der Waals surface area contributed by atoms with Crippen LogP contribution in [0.5, 0.6) is 0 Å². The van der Waals surface area contributed by atoms with E-state index in [1.165, 1.54) is 10.6 Å². The number of halogens is 1. The molecular weight excluding hydrogens is 450 g/mol. The van der Waals surface area contributed by atoms with E-state index in [4.69, 9.17) is 4.74 Å². The predicted octanol–water partition coefficient (Wildman–Crippen LogP) is 2.88. The van der Waals surface area contributed by atoms with E-state index in [-0.39, 0.29) is 18.4 Å². The monoisotopic (exact) mass is 469 g/mol. The maximum atomic E-state index is 13.0. The van der Waals surface area contributed by atoms with Crippen LogP contribution >= 0.6 is 15.9 Å². The van der Waals surface area contributed by atoms with Crippen molar-refractivity contribution in [1.29, 1.82) is 0 Å². The van der Waals surface area contributed by atoms with Crippen LogP contribution in [0.4, 0.5) is 5.69 Å². The first-order valence-electron chi connectivity index (χ1n) is 9.58. The van der Waals surface area contributed by atoms with Gasteiger partial charge in [0.25, 0.3) is 11.5 Å². The fourth-order valence-corrected chi connectivity index (χ4v) is 3.75. The van der Waals surface area contributed by atoms with Crippen LogP contribution in [0.25, 0.3) is 10.9 Å². The van der Waals surface area contributed by atoms with Crippen molar-refractivity contribution in [2.75, 3.05) is 31.6 Å². The Labute approximate surface area is 181 Å². The summed E-state index contributed by atoms with van der Waals surface area (Å²) in [6, 6.07) is 15.7. The largest absolute Gasteiger partial charge is 0.378 e. The summed E-state index contributed by atoms with van der Waals surface area (Å²) in [6.45, 7) is 1.80. The van der Waals surface area contributed by atoms with E-state index in [1.807, 2.05) is 18.2 Å². The van der Waals surface area contributed by atoms with E-state index in [9.17, 15) is 14.4 Å². The van der Waals surface area contributed by atoms with Gasteiger partial charge in [-0.25, -0.2) is 0 Å². The van der Waals surface area contributed by atoms with Crippen LogP contribution in [0, 0.1) is 0 Å². The minimum Gasteiger partial charge on any atom is -0.378 e. The molecule has 1 aliphatic rings. The van der Waals surface area contributed by atoms with Gasteiger partial charge in [0.15, 0.2) is 0 Å². The normalized spacial score (nSPS) is 14.0. The van der Waals surface area contributed by atoms with Crippen LogP contribution in [0.2, 0.25) is 0 Å². The summed E-state index contributed by atoms with van der Waals surface area (Å²) in [5.41, 5.74) is 1.14. The third-order valence-electron chi connectivity index (χ3n) is 4.98. The minimum atomic E-state index is -0.392. The van der Waals surface area contributed by atoms with Crippen molar-refractivity contribution in [2.45, 2.75) is 6.54 Å². The van der Waals surface area contributed by atoms with Crippen molar-refractivity contribution in [1.82, 2.24) is 9.47 Å². The highest BCUT2D eigenvalue weighted by atomic mass is 79.9. The summed E-state index contributed by atoms with van der Waals surface area (Å²) in [5, 5.41) is 3.43. The summed E-state index contributed by atoms with van der Waals surface area (Å²) in [5.74, 6) is -0.519. The fourth-order valence-electron chi connectivity index (χ4n) is 3.49. The smallest absolute Gasteiger partial charge is 0.254 e. The lowest BCUT2D eigenvalue weighted by Crippen LogP contribution is -2.41. The van der Waals surface area contributed by atoms with Gasteiger partial charge in [-0.1, -0.05) is 34.1 Å². The van der Waals surface area contributed by atoms with Gasteiger partial charge in [-0.2, -0.15) is 0 Å². The number of fused-ring (bicyclic) bond motifs is 1. The Morgan fingerprint density at radius 1 is 1.03 bits per heavy atom. The van der Waals surface area contributed by atoms with Crippen molar-refractivity contribution in [3.05, 3.63) is 75.0 Å². The zero-order valence-corrected chi connectivity index (χ0v) is 17.7. The molecule has 2 amide bonds. The number of aromatic nitrogens is 1. The number of carbonyl (C=O) groups is 2. The average molecular weight is 470 g/mol. The number of pyridine rings is 1. The molecule has 1 fully saturated rings. The van der Waals surface area contributed by atoms with Crippen molar-refractivity contribution in [2.24, 2.45) is 0 Å². The Bertz CT molecular complexity index is 1150. The molecule has 154 valence electrons. The first kappa shape index (κ1) is 20.3. The Morgan fingerprint density at radius 3 is 2.47 bits per heavy atom. The molecule has 0 aliphatic carbocycles. The maximum Gasteiger partial charge on any atom is 0.254 e. The molecule has 30 heavy (non-hydrogen) atoms. The highest BCUT2D eigenvalue weighted by Crippen LogP contribution is 2.20. The summed E-state index contributed by atoms with van der Waals surface area (Å²) in [4.78, 5) is 40.1. The van der Waals surface area contributed by atoms with Crippen LogP contribution < -0.4 is 10.9 Å². The number of morpholine rings is 1.